The number of hydrogen-bond acceptors (Lipinski definition) is 8. The molecule has 6 atom stereocenters. The second-order valence-electron chi connectivity index (χ2n) is 13.6. The molecule has 0 saturated carbocycles. The highest BCUT2D eigenvalue weighted by molar-refractivity contribution is 6.03. The van der Waals surface area contributed by atoms with Gasteiger partial charge in [-0.05, 0) is 37.6 Å². The predicted octanol–water partition coefficient (Wildman–Crippen LogP) is 5.18. The SMILES string of the molecule is C#Cc1cccc2cccc(-c3nc4c5c(nc(OCC67CC(=C)CN6C[C@H](F)C7)nc5c3F)N3C[C@H]5CC[C@H](N5)[C@H]3[C@H](C)O4)c12. The van der Waals surface area contributed by atoms with Crippen LogP contribution in [0.3, 0.4) is 0 Å². The van der Waals surface area contributed by atoms with Crippen molar-refractivity contribution in [1.29, 1.82) is 0 Å². The van der Waals surface area contributed by atoms with Crippen LogP contribution in [0.15, 0.2) is 48.6 Å². The highest BCUT2D eigenvalue weighted by atomic mass is 19.1. The van der Waals surface area contributed by atoms with Crippen LogP contribution >= 0.6 is 0 Å². The molecule has 1 N–H and O–H groups in total. The van der Waals surface area contributed by atoms with Crippen molar-refractivity contribution in [3.05, 3.63) is 59.9 Å². The fraction of sp³-hybridized carbons (Fsp3) is 0.417. The zero-order chi connectivity index (χ0) is 31.3. The molecule has 1 unspecified atom stereocenters. The summed E-state index contributed by atoms with van der Waals surface area (Å²) in [6, 6.07) is 11.8. The molecule has 8 nitrogen and oxygen atoms in total. The van der Waals surface area contributed by atoms with Crippen LogP contribution in [0.1, 0.15) is 38.2 Å². The van der Waals surface area contributed by atoms with Crippen molar-refractivity contribution in [2.75, 3.05) is 31.1 Å². The molecule has 9 rings (SSSR count). The second kappa shape index (κ2) is 10.1. The Morgan fingerprint density at radius 2 is 2.00 bits per heavy atom. The number of aromatic nitrogens is 3. The number of halogens is 2. The molecule has 0 radical (unpaired) electrons. The van der Waals surface area contributed by atoms with Crippen molar-refractivity contribution in [3.8, 4) is 35.5 Å². The standard InChI is InChI=1S/C36H34F2N6O2/c1-4-21-7-5-8-22-9-6-10-25(27(21)22)30-29(38)31-28-33(44-17-24-11-12-26(39-24)32(44)20(3)46-34(28)40-30)42-35(41-31)45-18-36-13-19(2)15-43(36)16-23(37)14-36/h1,5-10,20,23-24,26,32,39H,2,11-18H2,3H3/t20-,23+,24+,26-,32+,36?/m0/s1. The van der Waals surface area contributed by atoms with Crippen LogP contribution < -0.4 is 19.7 Å². The summed E-state index contributed by atoms with van der Waals surface area (Å²) in [5.41, 5.74) is 1.92. The third-order valence-corrected chi connectivity index (χ3v) is 10.7. The molecule has 0 spiro atoms. The topological polar surface area (TPSA) is 75.6 Å². The maximum absolute atomic E-state index is 17.1. The van der Waals surface area contributed by atoms with Gasteiger partial charge in [-0.15, -0.1) is 6.42 Å². The number of ether oxygens (including phenoxy) is 2. The zero-order valence-corrected chi connectivity index (χ0v) is 25.6. The average Bonchev–Trinajstić information content (AvgIpc) is 3.64. The molecule has 2 aromatic heterocycles. The lowest BCUT2D eigenvalue weighted by Crippen LogP contribution is -2.62. The zero-order valence-electron chi connectivity index (χ0n) is 25.6. The Morgan fingerprint density at radius 3 is 2.85 bits per heavy atom. The first kappa shape index (κ1) is 27.9. The third-order valence-electron chi connectivity index (χ3n) is 10.7. The number of anilines is 1. The molecule has 5 aliphatic heterocycles. The molecule has 4 aromatic rings. The molecule has 2 bridgehead atoms. The molecule has 7 heterocycles. The van der Waals surface area contributed by atoms with Gasteiger partial charge in [0.15, 0.2) is 5.82 Å². The van der Waals surface area contributed by atoms with Crippen LogP contribution in [0, 0.1) is 18.2 Å². The quantitative estimate of drug-likeness (QED) is 0.247. The number of nitrogens with one attached hydrogen (secondary N) is 1. The highest BCUT2D eigenvalue weighted by Crippen LogP contribution is 2.46. The van der Waals surface area contributed by atoms with Crippen molar-refractivity contribution in [3.63, 3.8) is 0 Å². The molecule has 5 aliphatic rings. The van der Waals surface area contributed by atoms with E-state index >= 15 is 4.39 Å². The van der Waals surface area contributed by atoms with Crippen molar-refractivity contribution < 1.29 is 18.3 Å². The second-order valence-corrected chi connectivity index (χ2v) is 13.6. The van der Waals surface area contributed by atoms with Gasteiger partial charge in [-0.25, -0.2) is 13.8 Å². The van der Waals surface area contributed by atoms with Gasteiger partial charge in [-0.1, -0.05) is 48.4 Å². The molecule has 4 saturated heterocycles. The first-order valence-corrected chi connectivity index (χ1v) is 16.1. The van der Waals surface area contributed by atoms with Crippen molar-refractivity contribution >= 4 is 27.5 Å². The number of hydrogen-bond donors (Lipinski definition) is 1. The largest absolute Gasteiger partial charge is 0.472 e. The summed E-state index contributed by atoms with van der Waals surface area (Å²) in [6.45, 7) is 8.08. The van der Waals surface area contributed by atoms with Gasteiger partial charge in [0.2, 0.25) is 5.88 Å². The van der Waals surface area contributed by atoms with Gasteiger partial charge in [0.05, 0.1) is 11.6 Å². The van der Waals surface area contributed by atoms with E-state index in [1.807, 2.05) is 43.3 Å². The smallest absolute Gasteiger partial charge is 0.319 e. The van der Waals surface area contributed by atoms with E-state index in [1.54, 1.807) is 0 Å². The fourth-order valence-electron chi connectivity index (χ4n) is 8.84. The number of alkyl halides is 1. The number of nitrogens with zero attached hydrogens (tertiary/aromatic N) is 5. The number of benzene rings is 2. The van der Waals surface area contributed by atoms with Crippen LogP contribution in [-0.2, 0) is 0 Å². The lowest BCUT2D eigenvalue weighted by Gasteiger charge is -2.42. The van der Waals surface area contributed by atoms with Crippen molar-refractivity contribution in [2.45, 2.75) is 68.5 Å². The van der Waals surface area contributed by atoms with Gasteiger partial charge in [-0.3, -0.25) is 4.90 Å². The molecular weight excluding hydrogens is 586 g/mol. The highest BCUT2D eigenvalue weighted by Gasteiger charge is 2.51. The number of piperazine rings is 1. The minimum absolute atomic E-state index is 0.0506. The maximum atomic E-state index is 17.1. The fourth-order valence-corrected chi connectivity index (χ4v) is 8.84. The van der Waals surface area contributed by atoms with Gasteiger partial charge in [0.25, 0.3) is 0 Å². The van der Waals surface area contributed by atoms with E-state index < -0.39 is 17.5 Å². The first-order valence-electron chi connectivity index (χ1n) is 16.1. The number of pyridine rings is 1. The minimum Gasteiger partial charge on any atom is -0.472 e. The van der Waals surface area contributed by atoms with Crippen molar-refractivity contribution in [1.82, 2.24) is 25.2 Å². The Kier molecular flexibility index (Phi) is 6.12. The molecular formula is C36H34F2N6O2. The van der Waals surface area contributed by atoms with Gasteiger partial charge >= 0.3 is 6.01 Å². The molecule has 234 valence electrons. The summed E-state index contributed by atoms with van der Waals surface area (Å²) in [6.07, 6.45) is 7.76. The average molecular weight is 621 g/mol. The Labute approximate surface area is 265 Å². The molecule has 0 amide bonds. The summed E-state index contributed by atoms with van der Waals surface area (Å²) in [5, 5.41) is 5.79. The van der Waals surface area contributed by atoms with Crippen LogP contribution in [-0.4, -0.2) is 82.0 Å². The lowest BCUT2D eigenvalue weighted by molar-refractivity contribution is 0.107. The van der Waals surface area contributed by atoms with E-state index in [0.717, 1.165) is 29.2 Å². The summed E-state index contributed by atoms with van der Waals surface area (Å²) >= 11 is 0. The number of terminal acetylenes is 1. The van der Waals surface area contributed by atoms with Gasteiger partial charge in [-0.2, -0.15) is 9.97 Å². The van der Waals surface area contributed by atoms with Gasteiger partial charge in [0, 0.05) is 54.7 Å². The number of rotatable bonds is 4. The van der Waals surface area contributed by atoms with E-state index in [0.29, 0.717) is 54.8 Å². The van der Waals surface area contributed by atoms with Gasteiger partial charge < -0.3 is 19.7 Å². The third kappa shape index (κ3) is 4.07. The number of fused-ring (bicyclic) bond motifs is 7. The predicted molar refractivity (Wildman–Crippen MR) is 172 cm³/mol. The van der Waals surface area contributed by atoms with Crippen LogP contribution in [0.5, 0.6) is 11.9 Å². The van der Waals surface area contributed by atoms with Crippen LogP contribution in [0.4, 0.5) is 14.6 Å². The molecule has 2 aromatic carbocycles. The van der Waals surface area contributed by atoms with E-state index in [4.69, 9.17) is 30.8 Å². The maximum Gasteiger partial charge on any atom is 0.319 e. The van der Waals surface area contributed by atoms with E-state index in [1.165, 1.54) is 0 Å². The summed E-state index contributed by atoms with van der Waals surface area (Å²) < 4.78 is 44.7. The molecule has 4 fully saturated rings. The Bertz CT molecular complexity index is 1990. The molecule has 0 aliphatic carbocycles. The van der Waals surface area contributed by atoms with Crippen molar-refractivity contribution in [2.24, 2.45) is 0 Å². The Morgan fingerprint density at radius 1 is 1.15 bits per heavy atom. The first-order chi connectivity index (χ1) is 22.3. The Hall–Kier alpha value is -4.33. The lowest BCUT2D eigenvalue weighted by atomic mass is 9.93. The summed E-state index contributed by atoms with van der Waals surface area (Å²) in [4.78, 5) is 18.9. The van der Waals surface area contributed by atoms with E-state index in [-0.39, 0.29) is 53.9 Å². The van der Waals surface area contributed by atoms with Gasteiger partial charge in [0.1, 0.15) is 41.3 Å². The minimum atomic E-state index is -0.933. The molecule has 10 heteroatoms. The van der Waals surface area contributed by atoms with Crippen LogP contribution in [0.2, 0.25) is 0 Å². The summed E-state index contributed by atoms with van der Waals surface area (Å²) in [5.74, 6) is 3.00. The van der Waals surface area contributed by atoms with Crippen LogP contribution in [0.25, 0.3) is 32.9 Å². The van der Waals surface area contributed by atoms with E-state index in [2.05, 4.69) is 27.6 Å². The summed E-state index contributed by atoms with van der Waals surface area (Å²) in [7, 11) is 0. The molecule has 46 heavy (non-hydrogen) atoms. The monoisotopic (exact) mass is 620 g/mol. The normalized spacial score (nSPS) is 29.8. The Balaban J connectivity index is 1.24. The van der Waals surface area contributed by atoms with E-state index in [9.17, 15) is 4.39 Å².